The van der Waals surface area contributed by atoms with E-state index < -0.39 is 0 Å². The SMILES string of the molecule is OCC1c2ccc(Br)cc2-c2cc(Br)ccc21. The van der Waals surface area contributed by atoms with E-state index in [0.29, 0.717) is 0 Å². The van der Waals surface area contributed by atoms with Gasteiger partial charge in [-0.2, -0.15) is 0 Å². The van der Waals surface area contributed by atoms with Gasteiger partial charge in [-0.3, -0.25) is 0 Å². The van der Waals surface area contributed by atoms with Crippen molar-refractivity contribution in [1.29, 1.82) is 0 Å². The summed E-state index contributed by atoms with van der Waals surface area (Å²) in [6.45, 7) is 0.156. The van der Waals surface area contributed by atoms with Gasteiger partial charge >= 0.3 is 0 Å². The monoisotopic (exact) mass is 352 g/mol. The van der Waals surface area contributed by atoms with Crippen molar-refractivity contribution in [2.75, 3.05) is 6.61 Å². The maximum absolute atomic E-state index is 9.57. The van der Waals surface area contributed by atoms with Gasteiger partial charge in [-0.05, 0) is 46.5 Å². The quantitative estimate of drug-likeness (QED) is 0.809. The topological polar surface area (TPSA) is 20.2 Å². The van der Waals surface area contributed by atoms with Crippen LogP contribution in [0.4, 0.5) is 0 Å². The zero-order valence-corrected chi connectivity index (χ0v) is 12.1. The van der Waals surface area contributed by atoms with E-state index in [4.69, 9.17) is 0 Å². The lowest BCUT2D eigenvalue weighted by molar-refractivity contribution is 0.282. The van der Waals surface area contributed by atoms with Crippen molar-refractivity contribution in [2.24, 2.45) is 0 Å². The molecule has 1 aliphatic carbocycles. The molecule has 0 unspecified atom stereocenters. The lowest BCUT2D eigenvalue weighted by Gasteiger charge is -2.09. The second-order valence-corrected chi connectivity index (χ2v) is 6.03. The highest BCUT2D eigenvalue weighted by atomic mass is 79.9. The molecule has 0 radical (unpaired) electrons. The molecule has 2 aromatic rings. The highest BCUT2D eigenvalue weighted by Crippen LogP contribution is 2.46. The predicted octanol–water partition coefficient (Wildman–Crippen LogP) is 4.32. The maximum Gasteiger partial charge on any atom is 0.0540 e. The summed E-state index contributed by atoms with van der Waals surface area (Å²) < 4.78 is 2.14. The molecule has 2 aromatic carbocycles. The molecule has 0 aromatic heterocycles. The Balaban J connectivity index is 2.31. The number of hydrogen-bond acceptors (Lipinski definition) is 1. The molecule has 0 aliphatic heterocycles. The van der Waals surface area contributed by atoms with Crippen molar-refractivity contribution in [3.63, 3.8) is 0 Å². The van der Waals surface area contributed by atoms with Gasteiger partial charge in [-0.15, -0.1) is 0 Å². The normalized spacial score (nSPS) is 13.6. The van der Waals surface area contributed by atoms with Gasteiger partial charge in [0.2, 0.25) is 0 Å². The Kier molecular flexibility index (Phi) is 2.85. The molecule has 86 valence electrons. The van der Waals surface area contributed by atoms with Crippen molar-refractivity contribution in [3.05, 3.63) is 56.5 Å². The third-order valence-electron chi connectivity index (χ3n) is 3.25. The van der Waals surface area contributed by atoms with Crippen molar-refractivity contribution in [2.45, 2.75) is 5.92 Å². The van der Waals surface area contributed by atoms with E-state index in [2.05, 4.69) is 56.1 Å². The zero-order valence-electron chi connectivity index (χ0n) is 8.95. The van der Waals surface area contributed by atoms with Gasteiger partial charge < -0.3 is 5.11 Å². The van der Waals surface area contributed by atoms with E-state index in [0.717, 1.165) is 8.95 Å². The minimum Gasteiger partial charge on any atom is -0.395 e. The molecule has 17 heavy (non-hydrogen) atoms. The molecule has 1 N–H and O–H groups in total. The summed E-state index contributed by atoms with van der Waals surface area (Å²) in [6.07, 6.45) is 0. The standard InChI is InChI=1S/C14H10Br2O/c15-8-1-3-10-12(5-8)13-6-9(16)2-4-11(13)14(10)7-17/h1-6,14,17H,7H2. The fourth-order valence-corrected chi connectivity index (χ4v) is 3.22. The van der Waals surface area contributed by atoms with Crippen LogP contribution in [0.5, 0.6) is 0 Å². The number of aliphatic hydroxyl groups excluding tert-OH is 1. The number of hydrogen-bond donors (Lipinski definition) is 1. The molecule has 1 aliphatic rings. The molecule has 0 fully saturated rings. The molecule has 0 atom stereocenters. The molecule has 0 bridgehead atoms. The Hall–Kier alpha value is -0.640. The molecular weight excluding hydrogens is 344 g/mol. The molecule has 1 nitrogen and oxygen atoms in total. The van der Waals surface area contributed by atoms with Gasteiger partial charge in [0, 0.05) is 14.9 Å². The predicted molar refractivity (Wildman–Crippen MR) is 76.2 cm³/mol. The van der Waals surface area contributed by atoms with Crippen LogP contribution in [0, 0.1) is 0 Å². The first-order valence-electron chi connectivity index (χ1n) is 5.41. The molecule has 0 heterocycles. The summed E-state index contributed by atoms with van der Waals surface area (Å²) in [5, 5.41) is 9.57. The fourth-order valence-electron chi connectivity index (χ4n) is 2.50. The average molecular weight is 354 g/mol. The smallest absolute Gasteiger partial charge is 0.0540 e. The average Bonchev–Trinajstić information content (AvgIpc) is 2.62. The number of fused-ring (bicyclic) bond motifs is 3. The summed E-state index contributed by atoms with van der Waals surface area (Å²) in [7, 11) is 0. The minimum atomic E-state index is 0.112. The lowest BCUT2D eigenvalue weighted by Crippen LogP contribution is -2.01. The number of rotatable bonds is 1. The molecule has 0 amide bonds. The second-order valence-electron chi connectivity index (χ2n) is 4.20. The Bertz CT molecular complexity index is 541. The van der Waals surface area contributed by atoms with Crippen molar-refractivity contribution < 1.29 is 5.11 Å². The van der Waals surface area contributed by atoms with Crippen LogP contribution in [0.2, 0.25) is 0 Å². The third kappa shape index (κ3) is 1.77. The number of halogens is 2. The third-order valence-corrected chi connectivity index (χ3v) is 4.24. The van der Waals surface area contributed by atoms with Gasteiger partial charge in [0.25, 0.3) is 0 Å². The van der Waals surface area contributed by atoms with Gasteiger partial charge in [0.15, 0.2) is 0 Å². The van der Waals surface area contributed by atoms with Crippen molar-refractivity contribution in [1.82, 2.24) is 0 Å². The van der Waals surface area contributed by atoms with E-state index in [1.807, 2.05) is 12.1 Å². The van der Waals surface area contributed by atoms with E-state index in [1.54, 1.807) is 0 Å². The van der Waals surface area contributed by atoms with Crippen molar-refractivity contribution >= 4 is 31.9 Å². The van der Waals surface area contributed by atoms with Gasteiger partial charge in [-0.1, -0.05) is 44.0 Å². The van der Waals surface area contributed by atoms with E-state index in [9.17, 15) is 5.11 Å². The molecular formula is C14H10Br2O. The van der Waals surface area contributed by atoms with E-state index >= 15 is 0 Å². The summed E-state index contributed by atoms with van der Waals surface area (Å²) in [4.78, 5) is 0. The van der Waals surface area contributed by atoms with Crippen LogP contribution in [0.3, 0.4) is 0 Å². The Labute approximate surface area is 117 Å². The van der Waals surface area contributed by atoms with Crippen LogP contribution in [0.15, 0.2) is 45.3 Å². The molecule has 0 saturated heterocycles. The maximum atomic E-state index is 9.57. The highest BCUT2D eigenvalue weighted by Gasteiger charge is 2.28. The van der Waals surface area contributed by atoms with Gasteiger partial charge in [0.1, 0.15) is 0 Å². The largest absolute Gasteiger partial charge is 0.395 e. The molecule has 0 saturated carbocycles. The van der Waals surface area contributed by atoms with Crippen LogP contribution in [0.1, 0.15) is 17.0 Å². The molecule has 0 spiro atoms. The highest BCUT2D eigenvalue weighted by molar-refractivity contribution is 9.10. The Morgan fingerprint density at radius 3 is 1.76 bits per heavy atom. The van der Waals surface area contributed by atoms with Crippen LogP contribution in [-0.4, -0.2) is 11.7 Å². The van der Waals surface area contributed by atoms with Crippen molar-refractivity contribution in [3.8, 4) is 11.1 Å². The second kappa shape index (κ2) is 4.23. The first kappa shape index (κ1) is 11.5. The Morgan fingerprint density at radius 1 is 0.882 bits per heavy atom. The summed E-state index contributed by atoms with van der Waals surface area (Å²) in [5.74, 6) is 0.112. The van der Waals surface area contributed by atoms with Crippen LogP contribution in [-0.2, 0) is 0 Å². The zero-order chi connectivity index (χ0) is 12.0. The van der Waals surface area contributed by atoms with Crippen LogP contribution < -0.4 is 0 Å². The first-order chi connectivity index (χ1) is 8.20. The lowest BCUT2D eigenvalue weighted by atomic mass is 9.98. The minimum absolute atomic E-state index is 0.112. The molecule has 3 rings (SSSR count). The van der Waals surface area contributed by atoms with E-state index in [-0.39, 0.29) is 12.5 Å². The van der Waals surface area contributed by atoms with Gasteiger partial charge in [0.05, 0.1) is 6.61 Å². The first-order valence-corrected chi connectivity index (χ1v) is 6.99. The van der Waals surface area contributed by atoms with Crippen LogP contribution >= 0.6 is 31.9 Å². The summed E-state index contributed by atoms with van der Waals surface area (Å²) >= 11 is 7.01. The molecule has 3 heteroatoms. The summed E-state index contributed by atoms with van der Waals surface area (Å²) in [6, 6.07) is 12.5. The summed E-state index contributed by atoms with van der Waals surface area (Å²) in [5.41, 5.74) is 4.86. The fraction of sp³-hybridized carbons (Fsp3) is 0.143. The number of benzene rings is 2. The Morgan fingerprint density at radius 2 is 1.35 bits per heavy atom. The van der Waals surface area contributed by atoms with Gasteiger partial charge in [-0.25, -0.2) is 0 Å². The van der Waals surface area contributed by atoms with Crippen LogP contribution in [0.25, 0.3) is 11.1 Å². The van der Waals surface area contributed by atoms with E-state index in [1.165, 1.54) is 22.3 Å². The number of aliphatic hydroxyl groups is 1.